The zero-order valence-corrected chi connectivity index (χ0v) is 11.4. The minimum absolute atomic E-state index is 1.03. The monoisotopic (exact) mass is 338 g/mol. The highest BCUT2D eigenvalue weighted by molar-refractivity contribution is 9.10. The van der Waals surface area contributed by atoms with E-state index in [1.807, 2.05) is 24.3 Å². The second-order valence-electron chi connectivity index (χ2n) is 3.69. The fraction of sp³-hybridized carbons (Fsp3) is 0. The molecule has 1 aromatic heterocycles. The Bertz CT molecular complexity index is 642. The van der Waals surface area contributed by atoms with Crippen molar-refractivity contribution in [3.63, 3.8) is 0 Å². The highest BCUT2D eigenvalue weighted by Gasteiger charge is 2.08. The van der Waals surface area contributed by atoms with Gasteiger partial charge in [-0.3, -0.25) is 4.68 Å². The van der Waals surface area contributed by atoms with Gasteiger partial charge in [0.25, 0.3) is 0 Å². The van der Waals surface area contributed by atoms with Crippen molar-refractivity contribution < 1.29 is 0 Å². The summed E-state index contributed by atoms with van der Waals surface area (Å²) in [7, 11) is 0. The third-order valence-electron chi connectivity index (χ3n) is 2.73. The Hall–Kier alpha value is -1.00. The highest BCUT2D eigenvalue weighted by Crippen LogP contribution is 2.30. The van der Waals surface area contributed by atoms with Crippen molar-refractivity contribution in [1.82, 2.24) is 4.68 Å². The number of rotatable bonds is 0. The van der Waals surface area contributed by atoms with Gasteiger partial charge in [-0.2, -0.15) is 0 Å². The largest absolute Gasteiger partial charge is 0.339 e. The molecule has 0 spiro atoms. The van der Waals surface area contributed by atoms with Gasteiger partial charge in [-0.1, -0.05) is 44.0 Å². The molecular weight excluding hydrogens is 332 g/mol. The number of hydrogen-bond acceptors (Lipinski definition) is 1. The molecule has 0 radical (unpaired) electrons. The van der Waals surface area contributed by atoms with Crippen molar-refractivity contribution in [3.05, 3.63) is 45.3 Å². The molecule has 0 atom stereocenters. The maximum Gasteiger partial charge on any atom is 0.0714 e. The van der Waals surface area contributed by atoms with Gasteiger partial charge in [-0.05, 0) is 24.3 Å². The molecule has 0 aliphatic carbocycles. The van der Waals surface area contributed by atoms with Crippen LogP contribution in [-0.4, -0.2) is 4.68 Å². The summed E-state index contributed by atoms with van der Waals surface area (Å²) in [6.07, 6.45) is 0. The summed E-state index contributed by atoms with van der Waals surface area (Å²) in [4.78, 5) is 0. The van der Waals surface area contributed by atoms with Crippen LogP contribution in [0, 0.1) is 0 Å². The van der Waals surface area contributed by atoms with Gasteiger partial charge in [0.2, 0.25) is 0 Å². The Morgan fingerprint density at radius 1 is 0.812 bits per heavy atom. The smallest absolute Gasteiger partial charge is 0.0714 e. The first-order valence-electron chi connectivity index (χ1n) is 4.81. The topological polar surface area (TPSA) is 30.9 Å². The Labute approximate surface area is 109 Å². The zero-order chi connectivity index (χ0) is 11.3. The fourth-order valence-electron chi connectivity index (χ4n) is 1.99. The average molecular weight is 340 g/mol. The van der Waals surface area contributed by atoms with Gasteiger partial charge in [-0.25, -0.2) is 0 Å². The van der Waals surface area contributed by atoms with E-state index in [0.717, 1.165) is 20.0 Å². The minimum atomic E-state index is 1.03. The molecule has 0 unspecified atom stereocenters. The molecule has 4 heteroatoms. The van der Waals surface area contributed by atoms with E-state index < -0.39 is 0 Å². The second kappa shape index (κ2) is 3.50. The molecular formula is C12H8Br2N2. The minimum Gasteiger partial charge on any atom is -0.339 e. The Morgan fingerprint density at radius 2 is 1.25 bits per heavy atom. The lowest BCUT2D eigenvalue weighted by Crippen LogP contribution is -2.06. The predicted molar refractivity (Wildman–Crippen MR) is 75.0 cm³/mol. The molecule has 0 saturated heterocycles. The molecule has 2 aromatic carbocycles. The van der Waals surface area contributed by atoms with Crippen molar-refractivity contribution >= 4 is 53.7 Å². The van der Waals surface area contributed by atoms with Crippen molar-refractivity contribution in [2.75, 3.05) is 5.84 Å². The van der Waals surface area contributed by atoms with E-state index in [-0.39, 0.29) is 0 Å². The van der Waals surface area contributed by atoms with E-state index in [9.17, 15) is 0 Å². The Kier molecular flexibility index (Phi) is 2.23. The lowest BCUT2D eigenvalue weighted by molar-refractivity contribution is 1.12. The van der Waals surface area contributed by atoms with Gasteiger partial charge in [0, 0.05) is 19.7 Å². The number of nitrogen functional groups attached to an aromatic ring is 1. The first-order valence-corrected chi connectivity index (χ1v) is 6.40. The van der Waals surface area contributed by atoms with Crippen LogP contribution >= 0.6 is 31.9 Å². The molecule has 3 aromatic rings. The number of halogens is 2. The summed E-state index contributed by atoms with van der Waals surface area (Å²) in [5.41, 5.74) is 2.06. The van der Waals surface area contributed by atoms with Crippen LogP contribution in [0.2, 0.25) is 0 Å². The molecule has 16 heavy (non-hydrogen) atoms. The van der Waals surface area contributed by atoms with Crippen LogP contribution in [-0.2, 0) is 0 Å². The number of hydrogen-bond donors (Lipinski definition) is 1. The van der Waals surface area contributed by atoms with E-state index in [1.165, 1.54) is 10.8 Å². The molecule has 1 heterocycles. The van der Waals surface area contributed by atoms with E-state index in [2.05, 4.69) is 44.0 Å². The van der Waals surface area contributed by atoms with Gasteiger partial charge in [0.05, 0.1) is 11.0 Å². The van der Waals surface area contributed by atoms with Crippen LogP contribution in [0.3, 0.4) is 0 Å². The van der Waals surface area contributed by atoms with Crippen LogP contribution in [0.25, 0.3) is 21.8 Å². The number of nitrogens with zero attached hydrogens (tertiary/aromatic N) is 1. The predicted octanol–water partition coefficient (Wildman–Crippen LogP) is 4.03. The van der Waals surface area contributed by atoms with Crippen molar-refractivity contribution in [1.29, 1.82) is 0 Å². The maximum absolute atomic E-state index is 6.09. The molecule has 0 aliphatic rings. The Balaban J connectivity index is 2.59. The van der Waals surface area contributed by atoms with Crippen LogP contribution in [0.1, 0.15) is 0 Å². The van der Waals surface area contributed by atoms with Crippen LogP contribution in [0.15, 0.2) is 45.3 Å². The quantitative estimate of drug-likeness (QED) is 0.616. The number of aromatic nitrogens is 1. The first kappa shape index (κ1) is 10.2. The molecule has 2 N–H and O–H groups in total. The van der Waals surface area contributed by atoms with Gasteiger partial charge < -0.3 is 5.84 Å². The SMILES string of the molecule is Nn1c2cc(Br)ccc2c2ccc(Br)cc21. The average Bonchev–Trinajstić information content (AvgIpc) is 2.53. The molecule has 0 amide bonds. The number of fused-ring (bicyclic) bond motifs is 3. The van der Waals surface area contributed by atoms with E-state index >= 15 is 0 Å². The Morgan fingerprint density at radius 3 is 1.69 bits per heavy atom. The third kappa shape index (κ3) is 1.37. The van der Waals surface area contributed by atoms with Crippen LogP contribution in [0.4, 0.5) is 0 Å². The second-order valence-corrected chi connectivity index (χ2v) is 5.52. The molecule has 80 valence electrons. The number of nitrogens with two attached hydrogens (primary N) is 1. The van der Waals surface area contributed by atoms with Crippen molar-refractivity contribution in [3.8, 4) is 0 Å². The van der Waals surface area contributed by atoms with Gasteiger partial charge in [0.1, 0.15) is 0 Å². The molecule has 0 aliphatic heterocycles. The standard InChI is InChI=1S/C12H8Br2N2/c13-7-1-3-9-10-4-2-8(14)6-12(10)16(15)11(9)5-7/h1-6H,15H2. The van der Waals surface area contributed by atoms with E-state index in [4.69, 9.17) is 5.84 Å². The van der Waals surface area contributed by atoms with Gasteiger partial charge >= 0.3 is 0 Å². The van der Waals surface area contributed by atoms with E-state index in [0.29, 0.717) is 0 Å². The third-order valence-corrected chi connectivity index (χ3v) is 3.72. The van der Waals surface area contributed by atoms with Crippen molar-refractivity contribution in [2.45, 2.75) is 0 Å². The molecule has 2 nitrogen and oxygen atoms in total. The lowest BCUT2D eigenvalue weighted by Gasteiger charge is -1.98. The summed E-state index contributed by atoms with van der Waals surface area (Å²) >= 11 is 6.92. The maximum atomic E-state index is 6.09. The molecule has 3 rings (SSSR count). The summed E-state index contributed by atoms with van der Waals surface area (Å²) in [5, 5.41) is 2.35. The normalized spacial score (nSPS) is 11.4. The van der Waals surface area contributed by atoms with Crippen molar-refractivity contribution in [2.24, 2.45) is 0 Å². The molecule has 0 bridgehead atoms. The fourth-order valence-corrected chi connectivity index (χ4v) is 2.69. The summed E-state index contributed by atoms with van der Waals surface area (Å²) in [6, 6.07) is 12.3. The summed E-state index contributed by atoms with van der Waals surface area (Å²) in [5.74, 6) is 6.09. The lowest BCUT2D eigenvalue weighted by atomic mass is 10.2. The number of benzene rings is 2. The van der Waals surface area contributed by atoms with E-state index in [1.54, 1.807) is 4.68 Å². The molecule has 0 fully saturated rings. The van der Waals surface area contributed by atoms with Crippen LogP contribution in [0.5, 0.6) is 0 Å². The first-order chi connectivity index (χ1) is 7.66. The van der Waals surface area contributed by atoms with Gasteiger partial charge in [0.15, 0.2) is 0 Å². The van der Waals surface area contributed by atoms with Crippen LogP contribution < -0.4 is 5.84 Å². The molecule has 0 saturated carbocycles. The zero-order valence-electron chi connectivity index (χ0n) is 8.24. The highest BCUT2D eigenvalue weighted by atomic mass is 79.9. The van der Waals surface area contributed by atoms with Gasteiger partial charge in [-0.15, -0.1) is 0 Å². The summed E-state index contributed by atoms with van der Waals surface area (Å²) < 4.78 is 3.79. The summed E-state index contributed by atoms with van der Waals surface area (Å²) in [6.45, 7) is 0.